The molecule has 0 saturated heterocycles. The van der Waals surface area contributed by atoms with E-state index in [0.717, 1.165) is 32.8 Å². The molecule has 6 rings (SSSR count). The number of ether oxygens (including phenoxy) is 3. The monoisotopic (exact) mass is 367 g/mol. The molecule has 0 amide bonds. The summed E-state index contributed by atoms with van der Waals surface area (Å²) in [6.45, 7) is 1.83. The van der Waals surface area contributed by atoms with Crippen molar-refractivity contribution in [3.63, 3.8) is 0 Å². The Bertz CT molecular complexity index is 1270. The maximum atomic E-state index is 6.42. The van der Waals surface area contributed by atoms with Crippen LogP contribution in [0, 0.1) is 0 Å². The van der Waals surface area contributed by atoms with Crippen LogP contribution in [-0.4, -0.2) is 17.9 Å². The largest absolute Gasteiger partial charge is 0.454 e. The van der Waals surface area contributed by atoms with Crippen LogP contribution in [0.5, 0.6) is 11.5 Å². The third kappa shape index (κ3) is 2.18. The lowest BCUT2D eigenvalue weighted by atomic mass is 10.00. The first-order chi connectivity index (χ1) is 13.7. The minimum Gasteiger partial charge on any atom is -0.454 e. The van der Waals surface area contributed by atoms with E-state index in [0.29, 0.717) is 11.5 Å². The molecule has 2 aliphatic heterocycles. The Balaban J connectivity index is 1.62. The lowest BCUT2D eigenvalue weighted by Gasteiger charge is -2.22. The number of hydrogen-bond acceptors (Lipinski definition) is 4. The number of hydrogen-bond donors (Lipinski definition) is 0. The summed E-state index contributed by atoms with van der Waals surface area (Å²) in [5.41, 5.74) is 1.71. The van der Waals surface area contributed by atoms with Crippen molar-refractivity contribution >= 4 is 27.3 Å². The van der Waals surface area contributed by atoms with E-state index in [-0.39, 0.29) is 0 Å². The number of rotatable bonds is 1. The Kier molecular flexibility index (Phi) is 3.11. The van der Waals surface area contributed by atoms with Crippen LogP contribution in [0.15, 0.2) is 83.9 Å². The van der Waals surface area contributed by atoms with Gasteiger partial charge in [0.05, 0.1) is 0 Å². The Morgan fingerprint density at radius 3 is 1.96 bits per heavy atom. The van der Waals surface area contributed by atoms with E-state index in [1.807, 2.05) is 67.6 Å². The predicted octanol–water partition coefficient (Wildman–Crippen LogP) is 5.28. The fourth-order valence-corrected chi connectivity index (χ4v) is 4.08. The van der Waals surface area contributed by atoms with E-state index in [2.05, 4.69) is 18.2 Å². The van der Waals surface area contributed by atoms with Crippen LogP contribution >= 0.6 is 0 Å². The van der Waals surface area contributed by atoms with Crippen molar-refractivity contribution in [2.24, 2.45) is 4.99 Å². The highest BCUT2D eigenvalue weighted by atomic mass is 16.8. The summed E-state index contributed by atoms with van der Waals surface area (Å²) in [6, 6.07) is 26.4. The summed E-state index contributed by atoms with van der Waals surface area (Å²) < 4.78 is 18.9. The zero-order valence-electron chi connectivity index (χ0n) is 15.3. The summed E-state index contributed by atoms with van der Waals surface area (Å²) >= 11 is 0. The normalized spacial score (nSPS) is 22.9. The summed E-state index contributed by atoms with van der Waals surface area (Å²) in [6.07, 6.45) is -0.627. The quantitative estimate of drug-likeness (QED) is 0.430. The molecule has 136 valence electrons. The molecule has 0 radical (unpaired) electrons. The Morgan fingerprint density at radius 1 is 0.714 bits per heavy atom. The molecule has 4 nitrogen and oxygen atoms in total. The zero-order chi connectivity index (χ0) is 18.7. The molecule has 4 heteroatoms. The first kappa shape index (κ1) is 15.7. The van der Waals surface area contributed by atoms with Gasteiger partial charge in [-0.3, -0.25) is 4.74 Å². The molecule has 0 fully saturated rings. The van der Waals surface area contributed by atoms with Crippen LogP contribution in [0.3, 0.4) is 0 Å². The summed E-state index contributed by atoms with van der Waals surface area (Å²) in [5.74, 6) is 0.244. The van der Waals surface area contributed by atoms with Crippen molar-refractivity contribution in [2.45, 2.75) is 19.1 Å². The summed E-state index contributed by atoms with van der Waals surface area (Å²) in [5, 5.41) is 4.24. The highest BCUT2D eigenvalue weighted by Crippen LogP contribution is 2.49. The second-order valence-corrected chi connectivity index (χ2v) is 7.18. The zero-order valence-corrected chi connectivity index (χ0v) is 15.3. The van der Waals surface area contributed by atoms with Gasteiger partial charge in [0.15, 0.2) is 11.5 Å². The van der Waals surface area contributed by atoms with Gasteiger partial charge in [0.25, 0.3) is 0 Å². The molecule has 0 aromatic heterocycles. The van der Waals surface area contributed by atoms with Gasteiger partial charge in [-0.05, 0) is 10.8 Å². The molecule has 0 saturated carbocycles. The smallest absolute Gasteiger partial charge is 0.313 e. The van der Waals surface area contributed by atoms with Crippen molar-refractivity contribution in [1.82, 2.24) is 0 Å². The fraction of sp³-hybridized carbons (Fsp3) is 0.125. The lowest BCUT2D eigenvalue weighted by molar-refractivity contribution is -0.188. The van der Waals surface area contributed by atoms with Crippen LogP contribution in [0.1, 0.15) is 12.5 Å². The van der Waals surface area contributed by atoms with Gasteiger partial charge in [-0.1, -0.05) is 78.9 Å². The molecular formula is C24H17NO3. The number of nitrogens with zero attached hydrogens (tertiary/aromatic N) is 1. The van der Waals surface area contributed by atoms with Gasteiger partial charge < -0.3 is 9.47 Å². The van der Waals surface area contributed by atoms with E-state index in [4.69, 9.17) is 19.2 Å². The molecule has 4 aromatic rings. The summed E-state index contributed by atoms with van der Waals surface area (Å²) in [4.78, 5) is 4.75. The van der Waals surface area contributed by atoms with Crippen LogP contribution in [0.25, 0.3) is 21.5 Å². The molecule has 4 aromatic carbocycles. The topological polar surface area (TPSA) is 40.0 Å². The van der Waals surface area contributed by atoms with E-state index in [9.17, 15) is 0 Å². The molecule has 0 unspecified atom stereocenters. The van der Waals surface area contributed by atoms with Gasteiger partial charge in [-0.15, -0.1) is 0 Å². The third-order valence-electron chi connectivity index (χ3n) is 5.30. The Hall–Kier alpha value is -3.37. The second kappa shape index (κ2) is 5.57. The van der Waals surface area contributed by atoms with Gasteiger partial charge >= 0.3 is 5.91 Å². The molecule has 0 spiro atoms. The molecule has 28 heavy (non-hydrogen) atoms. The minimum atomic E-state index is -1.13. The SMILES string of the molecule is C[C@]12N=C(c3ccccc3)[C@H](Oc3c(c4ccccc4c4ccccc34)O1)O2. The van der Waals surface area contributed by atoms with Gasteiger partial charge in [-0.2, -0.15) is 0 Å². The summed E-state index contributed by atoms with van der Waals surface area (Å²) in [7, 11) is 0. The van der Waals surface area contributed by atoms with Gasteiger partial charge in [0.2, 0.25) is 6.29 Å². The molecule has 0 aliphatic carbocycles. The van der Waals surface area contributed by atoms with E-state index < -0.39 is 12.2 Å². The molecule has 2 aliphatic rings. The fourth-order valence-electron chi connectivity index (χ4n) is 4.08. The van der Waals surface area contributed by atoms with E-state index >= 15 is 0 Å². The molecule has 2 heterocycles. The van der Waals surface area contributed by atoms with Gasteiger partial charge in [-0.25, -0.2) is 4.99 Å². The van der Waals surface area contributed by atoms with Crippen molar-refractivity contribution in [1.29, 1.82) is 0 Å². The standard InChI is InChI=1S/C24H17NO3/c1-24-25-20(15-9-3-2-4-10-15)23(28-24)26-21-18-13-7-5-11-16(18)17-12-6-8-14-19(17)22(21)27-24/h2-14,23H,1H3/t23-,24+/m1/s1. The first-order valence-electron chi connectivity index (χ1n) is 9.34. The average molecular weight is 367 g/mol. The van der Waals surface area contributed by atoms with E-state index in [1.54, 1.807) is 0 Å². The Morgan fingerprint density at radius 2 is 1.29 bits per heavy atom. The maximum Gasteiger partial charge on any atom is 0.313 e. The number of aliphatic imine (C=N–C) groups is 1. The first-order valence-corrected chi connectivity index (χ1v) is 9.34. The molecular weight excluding hydrogens is 350 g/mol. The maximum absolute atomic E-state index is 6.42. The van der Waals surface area contributed by atoms with Crippen molar-refractivity contribution < 1.29 is 14.2 Å². The average Bonchev–Trinajstić information content (AvgIpc) is 2.97. The number of fused-ring (bicyclic) bond motifs is 8. The van der Waals surface area contributed by atoms with Crippen molar-refractivity contribution in [2.75, 3.05) is 0 Å². The lowest BCUT2D eigenvalue weighted by Crippen LogP contribution is -2.32. The van der Waals surface area contributed by atoms with Crippen LogP contribution in [0.2, 0.25) is 0 Å². The molecule has 2 bridgehead atoms. The highest BCUT2D eigenvalue weighted by molar-refractivity contribution is 6.14. The van der Waals surface area contributed by atoms with Crippen LogP contribution in [0.4, 0.5) is 0 Å². The van der Waals surface area contributed by atoms with Gasteiger partial charge in [0.1, 0.15) is 5.71 Å². The van der Waals surface area contributed by atoms with Crippen molar-refractivity contribution in [3.05, 3.63) is 84.4 Å². The Labute approximate surface area is 162 Å². The minimum absolute atomic E-state index is 0.627. The van der Waals surface area contributed by atoms with E-state index in [1.165, 1.54) is 0 Å². The second-order valence-electron chi connectivity index (χ2n) is 7.18. The predicted molar refractivity (Wildman–Crippen MR) is 109 cm³/mol. The number of benzene rings is 4. The van der Waals surface area contributed by atoms with Gasteiger partial charge in [0, 0.05) is 23.3 Å². The van der Waals surface area contributed by atoms with Crippen LogP contribution < -0.4 is 9.47 Å². The molecule has 2 atom stereocenters. The van der Waals surface area contributed by atoms with Crippen molar-refractivity contribution in [3.8, 4) is 11.5 Å². The van der Waals surface area contributed by atoms with Crippen LogP contribution in [-0.2, 0) is 4.74 Å². The third-order valence-corrected chi connectivity index (χ3v) is 5.30. The molecule has 0 N–H and O–H groups in total. The highest BCUT2D eigenvalue weighted by Gasteiger charge is 2.46.